The first kappa shape index (κ1) is 13.1. The predicted molar refractivity (Wildman–Crippen MR) is 60.1 cm³/mol. The van der Waals surface area contributed by atoms with E-state index in [9.17, 15) is 14.9 Å². The Kier molecular flexibility index (Phi) is 4.19. The highest BCUT2D eigenvalue weighted by Crippen LogP contribution is 2.25. The number of unbranched alkanes of at least 4 members (excludes halogenated alkanes) is 1. The smallest absolute Gasteiger partial charge is 0.361 e. The van der Waals surface area contributed by atoms with Crippen LogP contribution in [0.15, 0.2) is 0 Å². The standard InChI is InChI=1S/C10H15N3O4/c1-3-5-6-7-8(13(16)17)9(10(14)15)12(4-2)11-7/h3-6H2,1-2H3,(H,14,15). The third kappa shape index (κ3) is 2.61. The van der Waals surface area contributed by atoms with Crippen molar-refractivity contribution in [1.82, 2.24) is 9.78 Å². The maximum Gasteiger partial charge on any atom is 0.361 e. The van der Waals surface area contributed by atoms with Crippen LogP contribution < -0.4 is 0 Å². The number of carbonyl (C=O) groups is 1. The molecule has 1 N–H and O–H groups in total. The number of hydrogen-bond donors (Lipinski definition) is 1. The molecule has 0 aliphatic heterocycles. The summed E-state index contributed by atoms with van der Waals surface area (Å²) in [6.45, 7) is 3.96. The van der Waals surface area contributed by atoms with Gasteiger partial charge in [-0.15, -0.1) is 0 Å². The Morgan fingerprint density at radius 3 is 2.59 bits per heavy atom. The summed E-state index contributed by atoms with van der Waals surface area (Å²) in [6, 6.07) is 0. The third-order valence-corrected chi connectivity index (χ3v) is 2.45. The lowest BCUT2D eigenvalue weighted by Gasteiger charge is -1.97. The normalized spacial score (nSPS) is 10.5. The summed E-state index contributed by atoms with van der Waals surface area (Å²) < 4.78 is 1.17. The second-order valence-corrected chi connectivity index (χ2v) is 3.63. The first-order valence-corrected chi connectivity index (χ1v) is 5.50. The van der Waals surface area contributed by atoms with E-state index in [0.29, 0.717) is 13.0 Å². The maximum atomic E-state index is 11.0. The summed E-state index contributed by atoms with van der Waals surface area (Å²) >= 11 is 0. The largest absolute Gasteiger partial charge is 0.476 e. The molecule has 0 saturated carbocycles. The third-order valence-electron chi connectivity index (χ3n) is 2.45. The van der Waals surface area contributed by atoms with Gasteiger partial charge >= 0.3 is 11.7 Å². The fraction of sp³-hybridized carbons (Fsp3) is 0.600. The summed E-state index contributed by atoms with van der Waals surface area (Å²) in [4.78, 5) is 21.3. The molecule has 0 aliphatic rings. The molecule has 7 nitrogen and oxygen atoms in total. The average Bonchev–Trinajstić information content (AvgIpc) is 2.64. The molecule has 0 amide bonds. The van der Waals surface area contributed by atoms with Gasteiger partial charge in [0.2, 0.25) is 5.69 Å². The van der Waals surface area contributed by atoms with Crippen LogP contribution in [0.25, 0.3) is 0 Å². The van der Waals surface area contributed by atoms with E-state index in [-0.39, 0.29) is 17.1 Å². The number of carboxylic acids is 1. The van der Waals surface area contributed by atoms with Crippen molar-refractivity contribution in [2.75, 3.05) is 0 Å². The SMILES string of the molecule is CCCCc1nn(CC)c(C(=O)O)c1[N+](=O)[O-]. The summed E-state index contributed by atoms with van der Waals surface area (Å²) in [7, 11) is 0. The molecule has 0 fully saturated rings. The molecule has 0 atom stereocenters. The Morgan fingerprint density at radius 1 is 1.53 bits per heavy atom. The van der Waals surface area contributed by atoms with Gasteiger partial charge in [-0.05, 0) is 19.8 Å². The highest BCUT2D eigenvalue weighted by molar-refractivity contribution is 5.91. The van der Waals surface area contributed by atoms with Crippen molar-refractivity contribution in [3.8, 4) is 0 Å². The minimum absolute atomic E-state index is 0.260. The Morgan fingerprint density at radius 2 is 2.18 bits per heavy atom. The van der Waals surface area contributed by atoms with E-state index in [1.807, 2.05) is 6.92 Å². The van der Waals surface area contributed by atoms with Crippen LogP contribution in [-0.2, 0) is 13.0 Å². The maximum absolute atomic E-state index is 11.0. The fourth-order valence-electron chi connectivity index (χ4n) is 1.65. The number of nitrogens with zero attached hydrogens (tertiary/aromatic N) is 3. The van der Waals surface area contributed by atoms with Crippen LogP contribution >= 0.6 is 0 Å². The van der Waals surface area contributed by atoms with Crippen molar-refractivity contribution < 1.29 is 14.8 Å². The van der Waals surface area contributed by atoms with E-state index in [1.54, 1.807) is 6.92 Å². The lowest BCUT2D eigenvalue weighted by Crippen LogP contribution is -2.10. The first-order chi connectivity index (χ1) is 8.02. The fourth-order valence-corrected chi connectivity index (χ4v) is 1.65. The Bertz CT molecular complexity index is 439. The van der Waals surface area contributed by atoms with E-state index in [4.69, 9.17) is 5.11 Å². The summed E-state index contributed by atoms with van der Waals surface area (Å²) in [5.41, 5.74) is -0.437. The zero-order valence-electron chi connectivity index (χ0n) is 9.84. The van der Waals surface area contributed by atoms with Crippen LogP contribution in [0.2, 0.25) is 0 Å². The molecule has 17 heavy (non-hydrogen) atoms. The van der Waals surface area contributed by atoms with E-state index >= 15 is 0 Å². The summed E-state index contributed by atoms with van der Waals surface area (Å²) in [5.74, 6) is -1.31. The number of aromatic carboxylic acids is 1. The molecule has 0 aliphatic carbocycles. The van der Waals surface area contributed by atoms with Crippen molar-refractivity contribution in [2.45, 2.75) is 39.7 Å². The molecule has 0 bridgehead atoms. The lowest BCUT2D eigenvalue weighted by molar-refractivity contribution is -0.386. The number of aromatic nitrogens is 2. The predicted octanol–water partition coefficient (Wildman–Crippen LogP) is 1.85. The molecular formula is C10H15N3O4. The zero-order valence-corrected chi connectivity index (χ0v) is 9.84. The minimum Gasteiger partial charge on any atom is -0.476 e. The highest BCUT2D eigenvalue weighted by Gasteiger charge is 2.31. The van der Waals surface area contributed by atoms with Gasteiger partial charge in [0.05, 0.1) is 4.92 Å². The van der Waals surface area contributed by atoms with Gasteiger partial charge in [-0.25, -0.2) is 4.79 Å². The zero-order chi connectivity index (χ0) is 13.0. The molecule has 1 aromatic rings. The van der Waals surface area contributed by atoms with Crippen molar-refractivity contribution >= 4 is 11.7 Å². The topological polar surface area (TPSA) is 98.3 Å². The Labute approximate surface area is 98.2 Å². The number of aryl methyl sites for hydroxylation is 2. The molecule has 0 saturated heterocycles. The van der Waals surface area contributed by atoms with Crippen molar-refractivity contribution in [2.24, 2.45) is 0 Å². The summed E-state index contributed by atoms with van der Waals surface area (Å²) in [5, 5.41) is 23.9. The summed E-state index contributed by atoms with van der Waals surface area (Å²) in [6.07, 6.45) is 2.05. The molecule has 0 unspecified atom stereocenters. The van der Waals surface area contributed by atoms with Gasteiger partial charge in [0.15, 0.2) is 0 Å². The van der Waals surface area contributed by atoms with Gasteiger partial charge in [0.1, 0.15) is 5.69 Å². The molecule has 1 heterocycles. The quantitative estimate of drug-likeness (QED) is 0.605. The van der Waals surface area contributed by atoms with Crippen molar-refractivity contribution in [3.05, 3.63) is 21.5 Å². The molecule has 0 spiro atoms. The van der Waals surface area contributed by atoms with E-state index in [0.717, 1.165) is 12.8 Å². The molecule has 94 valence electrons. The molecule has 1 rings (SSSR count). The van der Waals surface area contributed by atoms with Gasteiger partial charge in [-0.1, -0.05) is 13.3 Å². The molecular weight excluding hydrogens is 226 g/mol. The van der Waals surface area contributed by atoms with Gasteiger partial charge in [0.25, 0.3) is 0 Å². The first-order valence-electron chi connectivity index (χ1n) is 5.50. The van der Waals surface area contributed by atoms with Crippen LogP contribution in [0.4, 0.5) is 5.69 Å². The number of hydrogen-bond acceptors (Lipinski definition) is 4. The van der Waals surface area contributed by atoms with Gasteiger partial charge in [0, 0.05) is 6.54 Å². The van der Waals surface area contributed by atoms with Crippen LogP contribution in [0, 0.1) is 10.1 Å². The number of rotatable bonds is 6. The van der Waals surface area contributed by atoms with Crippen LogP contribution in [0.5, 0.6) is 0 Å². The number of nitro groups is 1. The molecule has 1 aromatic heterocycles. The van der Waals surface area contributed by atoms with Gasteiger partial charge in [-0.2, -0.15) is 5.10 Å². The highest BCUT2D eigenvalue weighted by atomic mass is 16.6. The van der Waals surface area contributed by atoms with Crippen molar-refractivity contribution in [3.63, 3.8) is 0 Å². The Hall–Kier alpha value is -1.92. The van der Waals surface area contributed by atoms with Crippen LogP contribution in [0.3, 0.4) is 0 Å². The molecule has 0 radical (unpaired) electrons. The average molecular weight is 241 g/mol. The monoisotopic (exact) mass is 241 g/mol. The second kappa shape index (κ2) is 5.42. The molecule has 7 heteroatoms. The van der Waals surface area contributed by atoms with Gasteiger partial charge < -0.3 is 5.11 Å². The van der Waals surface area contributed by atoms with Gasteiger partial charge in [-0.3, -0.25) is 14.8 Å². The van der Waals surface area contributed by atoms with Crippen LogP contribution in [-0.4, -0.2) is 25.8 Å². The van der Waals surface area contributed by atoms with E-state index < -0.39 is 10.9 Å². The minimum atomic E-state index is -1.31. The number of carboxylic acid groups (broad SMARTS) is 1. The Balaban J connectivity index is 3.30. The molecule has 0 aromatic carbocycles. The van der Waals surface area contributed by atoms with Crippen molar-refractivity contribution in [1.29, 1.82) is 0 Å². The lowest BCUT2D eigenvalue weighted by atomic mass is 10.1. The van der Waals surface area contributed by atoms with Crippen LogP contribution in [0.1, 0.15) is 42.9 Å². The van der Waals surface area contributed by atoms with E-state index in [2.05, 4.69) is 5.10 Å². The second-order valence-electron chi connectivity index (χ2n) is 3.63. The van der Waals surface area contributed by atoms with E-state index in [1.165, 1.54) is 4.68 Å².